The zero-order valence-corrected chi connectivity index (χ0v) is 13.0. The topological polar surface area (TPSA) is 112 Å². The molecular formula is C13H21N3O4S. The van der Waals surface area contributed by atoms with Gasteiger partial charge >= 0.3 is 5.97 Å². The molecule has 0 aliphatic heterocycles. The molecule has 1 fully saturated rings. The lowest BCUT2D eigenvalue weighted by Crippen LogP contribution is -2.43. The monoisotopic (exact) mass is 315 g/mol. The summed E-state index contributed by atoms with van der Waals surface area (Å²) in [4.78, 5) is 11.5. The van der Waals surface area contributed by atoms with Crippen molar-refractivity contribution in [3.05, 3.63) is 11.4 Å². The summed E-state index contributed by atoms with van der Waals surface area (Å²) in [5.41, 5.74) is 0.848. The highest BCUT2D eigenvalue weighted by Gasteiger charge is 2.34. The smallest absolute Gasteiger partial charge is 0.308 e. The van der Waals surface area contributed by atoms with Crippen LogP contribution in [-0.2, 0) is 14.8 Å². The number of hydrogen-bond acceptors (Lipinski definition) is 4. The molecule has 7 nitrogen and oxygen atoms in total. The number of carboxylic acids is 1. The number of rotatable bonds is 4. The van der Waals surface area contributed by atoms with Gasteiger partial charge in [-0.2, -0.15) is 5.10 Å². The molecule has 0 radical (unpaired) electrons. The lowest BCUT2D eigenvalue weighted by atomic mass is 9.96. The molecule has 8 heteroatoms. The third-order valence-corrected chi connectivity index (χ3v) is 5.72. The van der Waals surface area contributed by atoms with E-state index in [9.17, 15) is 18.3 Å². The molecule has 2 rings (SSSR count). The number of hydrogen-bond donors (Lipinski definition) is 3. The standard InChI is InChI=1S/C13H21N3O4S/c1-8-12(9(2)15-14-8)21(19,20)16-11-7-5-3-4-6-10(11)13(17)18/h10-11,16H,3-7H2,1-2H3,(H,14,15)(H,17,18). The van der Waals surface area contributed by atoms with Crippen LogP contribution in [-0.4, -0.2) is 35.7 Å². The summed E-state index contributed by atoms with van der Waals surface area (Å²) in [7, 11) is -3.77. The van der Waals surface area contributed by atoms with Crippen molar-refractivity contribution in [2.45, 2.75) is 56.9 Å². The molecule has 1 heterocycles. The minimum atomic E-state index is -3.77. The van der Waals surface area contributed by atoms with E-state index in [2.05, 4.69) is 14.9 Å². The molecule has 2 unspecified atom stereocenters. The number of carbonyl (C=O) groups is 1. The normalized spacial score (nSPS) is 23.7. The summed E-state index contributed by atoms with van der Waals surface area (Å²) in [5, 5.41) is 15.8. The van der Waals surface area contributed by atoms with Crippen LogP contribution in [0.2, 0.25) is 0 Å². The van der Waals surface area contributed by atoms with Crippen LogP contribution in [0.3, 0.4) is 0 Å². The average Bonchev–Trinajstić information content (AvgIpc) is 2.60. The molecular weight excluding hydrogens is 294 g/mol. The van der Waals surface area contributed by atoms with Gasteiger partial charge in [0.25, 0.3) is 0 Å². The summed E-state index contributed by atoms with van der Waals surface area (Å²) in [6.07, 6.45) is 3.64. The molecule has 3 N–H and O–H groups in total. The van der Waals surface area contributed by atoms with Crippen molar-refractivity contribution in [2.75, 3.05) is 0 Å². The van der Waals surface area contributed by atoms with Crippen molar-refractivity contribution in [1.82, 2.24) is 14.9 Å². The fourth-order valence-electron chi connectivity index (χ4n) is 2.94. The molecule has 1 aliphatic rings. The number of sulfonamides is 1. The van der Waals surface area contributed by atoms with Crippen LogP contribution in [0.25, 0.3) is 0 Å². The van der Waals surface area contributed by atoms with Crippen LogP contribution in [0.15, 0.2) is 4.90 Å². The van der Waals surface area contributed by atoms with Crippen molar-refractivity contribution in [3.8, 4) is 0 Å². The van der Waals surface area contributed by atoms with Gasteiger partial charge in [-0.25, -0.2) is 13.1 Å². The summed E-state index contributed by atoms with van der Waals surface area (Å²) in [6.45, 7) is 3.25. The molecule has 0 spiro atoms. The first-order chi connectivity index (χ1) is 9.83. The third kappa shape index (κ3) is 3.44. The molecule has 1 aromatic heterocycles. The van der Waals surface area contributed by atoms with E-state index in [1.165, 1.54) is 0 Å². The second-order valence-corrected chi connectivity index (χ2v) is 7.22. The predicted octanol–water partition coefficient (Wildman–Crippen LogP) is 1.34. The van der Waals surface area contributed by atoms with E-state index in [0.29, 0.717) is 24.2 Å². The van der Waals surface area contributed by atoms with Gasteiger partial charge in [0.05, 0.1) is 17.3 Å². The summed E-state index contributed by atoms with van der Waals surface area (Å²) >= 11 is 0. The van der Waals surface area contributed by atoms with E-state index in [0.717, 1.165) is 19.3 Å². The second kappa shape index (κ2) is 6.15. The number of aliphatic carboxylic acids is 1. The SMILES string of the molecule is Cc1n[nH]c(C)c1S(=O)(=O)NC1CCCCCC1C(=O)O. The first kappa shape index (κ1) is 16.0. The maximum absolute atomic E-state index is 12.5. The van der Waals surface area contributed by atoms with E-state index in [-0.39, 0.29) is 4.90 Å². The van der Waals surface area contributed by atoms with E-state index in [1.807, 2.05) is 0 Å². The van der Waals surface area contributed by atoms with Crippen LogP contribution in [0.1, 0.15) is 43.5 Å². The van der Waals surface area contributed by atoms with Crippen molar-refractivity contribution in [3.63, 3.8) is 0 Å². The molecule has 0 saturated heterocycles. The Morgan fingerprint density at radius 3 is 2.52 bits per heavy atom. The lowest BCUT2D eigenvalue weighted by molar-refractivity contribution is -0.142. The molecule has 1 saturated carbocycles. The Morgan fingerprint density at radius 1 is 1.29 bits per heavy atom. The number of H-pyrrole nitrogens is 1. The average molecular weight is 315 g/mol. The first-order valence-electron chi connectivity index (χ1n) is 7.09. The number of aromatic nitrogens is 2. The van der Waals surface area contributed by atoms with Crippen LogP contribution >= 0.6 is 0 Å². The third-order valence-electron chi connectivity index (χ3n) is 3.97. The molecule has 21 heavy (non-hydrogen) atoms. The van der Waals surface area contributed by atoms with E-state index in [4.69, 9.17) is 0 Å². The Bertz CT molecular complexity index is 604. The van der Waals surface area contributed by atoms with Gasteiger partial charge in [-0.05, 0) is 26.7 Å². The first-order valence-corrected chi connectivity index (χ1v) is 8.58. The minimum absolute atomic E-state index is 0.121. The van der Waals surface area contributed by atoms with E-state index >= 15 is 0 Å². The molecule has 118 valence electrons. The molecule has 2 atom stereocenters. The van der Waals surface area contributed by atoms with Crippen LogP contribution in [0.5, 0.6) is 0 Å². The molecule has 0 amide bonds. The Kier molecular flexibility index (Phi) is 4.67. The highest BCUT2D eigenvalue weighted by atomic mass is 32.2. The van der Waals surface area contributed by atoms with Crippen LogP contribution in [0, 0.1) is 19.8 Å². The Labute approximate surface area is 124 Å². The maximum atomic E-state index is 12.5. The second-order valence-electron chi connectivity index (χ2n) is 5.57. The molecule has 1 aliphatic carbocycles. The number of nitrogens with zero attached hydrogens (tertiary/aromatic N) is 1. The Balaban J connectivity index is 2.27. The fourth-order valence-corrected chi connectivity index (χ4v) is 4.62. The minimum Gasteiger partial charge on any atom is -0.481 e. The number of nitrogens with one attached hydrogen (secondary N) is 2. The van der Waals surface area contributed by atoms with Gasteiger partial charge in [-0.3, -0.25) is 9.89 Å². The molecule has 0 bridgehead atoms. The fraction of sp³-hybridized carbons (Fsp3) is 0.692. The van der Waals surface area contributed by atoms with Crippen molar-refractivity contribution in [2.24, 2.45) is 5.92 Å². The quantitative estimate of drug-likeness (QED) is 0.726. The number of carboxylic acid groups (broad SMARTS) is 1. The highest BCUT2D eigenvalue weighted by Crippen LogP contribution is 2.26. The largest absolute Gasteiger partial charge is 0.481 e. The summed E-state index contributed by atoms with van der Waals surface area (Å²) < 4.78 is 27.6. The van der Waals surface area contributed by atoms with Gasteiger partial charge in [0.2, 0.25) is 10.0 Å². The number of aromatic amines is 1. The Morgan fingerprint density at radius 2 is 1.95 bits per heavy atom. The summed E-state index contributed by atoms with van der Waals surface area (Å²) in [6, 6.07) is -0.566. The van der Waals surface area contributed by atoms with Gasteiger partial charge in [0.1, 0.15) is 4.90 Å². The molecule has 0 aromatic carbocycles. The predicted molar refractivity (Wildman–Crippen MR) is 76.4 cm³/mol. The highest BCUT2D eigenvalue weighted by molar-refractivity contribution is 7.89. The lowest BCUT2D eigenvalue weighted by Gasteiger charge is -2.22. The van der Waals surface area contributed by atoms with Crippen LogP contribution < -0.4 is 4.72 Å². The zero-order chi connectivity index (χ0) is 15.6. The van der Waals surface area contributed by atoms with Crippen molar-refractivity contribution < 1.29 is 18.3 Å². The zero-order valence-electron chi connectivity index (χ0n) is 12.2. The van der Waals surface area contributed by atoms with Gasteiger partial charge in [-0.1, -0.05) is 19.3 Å². The maximum Gasteiger partial charge on any atom is 0.308 e. The van der Waals surface area contributed by atoms with E-state index in [1.54, 1.807) is 13.8 Å². The molecule has 1 aromatic rings. The van der Waals surface area contributed by atoms with Crippen molar-refractivity contribution in [1.29, 1.82) is 0 Å². The van der Waals surface area contributed by atoms with Gasteiger partial charge < -0.3 is 5.11 Å². The van der Waals surface area contributed by atoms with Crippen LogP contribution in [0.4, 0.5) is 0 Å². The van der Waals surface area contributed by atoms with Gasteiger partial charge in [0.15, 0.2) is 0 Å². The summed E-state index contributed by atoms with van der Waals surface area (Å²) in [5.74, 6) is -1.61. The van der Waals surface area contributed by atoms with Gasteiger partial charge in [0, 0.05) is 6.04 Å². The van der Waals surface area contributed by atoms with E-state index < -0.39 is 28.0 Å². The van der Waals surface area contributed by atoms with Gasteiger partial charge in [-0.15, -0.1) is 0 Å². The number of aryl methyl sites for hydroxylation is 2. The van der Waals surface area contributed by atoms with Crippen molar-refractivity contribution >= 4 is 16.0 Å². The Hall–Kier alpha value is -1.41.